The van der Waals surface area contributed by atoms with Crippen molar-refractivity contribution >= 4 is 5.78 Å². The van der Waals surface area contributed by atoms with Crippen LogP contribution in [0, 0.1) is 0 Å². The predicted molar refractivity (Wildman–Crippen MR) is 108 cm³/mol. The molecule has 0 fully saturated rings. The maximum Gasteiger partial charge on any atom is 0.133 e. The van der Waals surface area contributed by atoms with Gasteiger partial charge in [0.15, 0.2) is 0 Å². The zero-order chi connectivity index (χ0) is 18.6. The summed E-state index contributed by atoms with van der Waals surface area (Å²) >= 11 is 0. The molecular formula is C22H37NO. The van der Waals surface area contributed by atoms with E-state index in [1.54, 1.807) is 6.20 Å². The summed E-state index contributed by atoms with van der Waals surface area (Å²) in [6, 6.07) is 10.1. The van der Waals surface area contributed by atoms with E-state index in [1.165, 1.54) is 12.0 Å². The molecule has 2 heteroatoms. The van der Waals surface area contributed by atoms with Crippen LogP contribution in [0.5, 0.6) is 0 Å². The van der Waals surface area contributed by atoms with Crippen molar-refractivity contribution in [1.82, 2.24) is 0 Å². The quantitative estimate of drug-likeness (QED) is 0.575. The van der Waals surface area contributed by atoms with E-state index in [9.17, 15) is 4.79 Å². The lowest BCUT2D eigenvalue weighted by molar-refractivity contribution is -0.119. The molecule has 1 rings (SSSR count). The van der Waals surface area contributed by atoms with Gasteiger partial charge in [-0.05, 0) is 36.6 Å². The van der Waals surface area contributed by atoms with Crippen LogP contribution in [0.4, 0.5) is 0 Å². The van der Waals surface area contributed by atoms with Gasteiger partial charge in [-0.1, -0.05) is 83.5 Å². The zero-order valence-electron chi connectivity index (χ0n) is 16.3. The summed E-state index contributed by atoms with van der Waals surface area (Å²) in [6.45, 7) is 10.3. The van der Waals surface area contributed by atoms with Crippen molar-refractivity contribution in [3.05, 3.63) is 59.8 Å². The van der Waals surface area contributed by atoms with Gasteiger partial charge in [-0.2, -0.15) is 0 Å². The summed E-state index contributed by atoms with van der Waals surface area (Å²) < 4.78 is 0. The molecule has 24 heavy (non-hydrogen) atoms. The Morgan fingerprint density at radius 1 is 1.00 bits per heavy atom. The first-order valence-corrected chi connectivity index (χ1v) is 9.30. The fraction of sp³-hybridized carbons (Fsp3) is 0.500. The molecule has 0 heterocycles. The lowest BCUT2D eigenvalue weighted by atomic mass is 10.0. The molecule has 0 unspecified atom stereocenters. The normalized spacial score (nSPS) is 10.5. The Hall–Kier alpha value is -1.83. The Morgan fingerprint density at radius 2 is 1.58 bits per heavy atom. The van der Waals surface area contributed by atoms with Crippen molar-refractivity contribution in [3.63, 3.8) is 0 Å². The third-order valence-electron chi connectivity index (χ3n) is 3.01. The topological polar surface area (TPSA) is 43.1 Å². The summed E-state index contributed by atoms with van der Waals surface area (Å²) in [5, 5.41) is 0. The highest BCUT2D eigenvalue weighted by molar-refractivity contribution is 5.78. The van der Waals surface area contributed by atoms with E-state index < -0.39 is 0 Å². The summed E-state index contributed by atoms with van der Waals surface area (Å²) in [4.78, 5) is 11.8. The summed E-state index contributed by atoms with van der Waals surface area (Å²) in [7, 11) is 0. The maximum absolute atomic E-state index is 11.8. The van der Waals surface area contributed by atoms with Crippen LogP contribution < -0.4 is 5.73 Å². The van der Waals surface area contributed by atoms with Gasteiger partial charge < -0.3 is 5.73 Å². The van der Waals surface area contributed by atoms with Crippen LogP contribution >= 0.6 is 0 Å². The number of hydrogen-bond acceptors (Lipinski definition) is 2. The van der Waals surface area contributed by atoms with E-state index >= 15 is 0 Å². The number of aryl methyl sites for hydroxylation is 1. The number of ketones is 1. The van der Waals surface area contributed by atoms with E-state index in [1.807, 2.05) is 38.1 Å². The SMILES string of the molecule is CC.CC/C=C\C(=C/N)CCC(=O)CCc1ccccc1.CCC. The van der Waals surface area contributed by atoms with Crippen molar-refractivity contribution in [2.45, 2.75) is 73.1 Å². The minimum atomic E-state index is 0.299. The highest BCUT2D eigenvalue weighted by Crippen LogP contribution is 2.10. The zero-order valence-corrected chi connectivity index (χ0v) is 16.3. The van der Waals surface area contributed by atoms with E-state index in [0.717, 1.165) is 24.8 Å². The van der Waals surface area contributed by atoms with E-state index in [0.29, 0.717) is 18.6 Å². The Balaban J connectivity index is 0. The second-order valence-electron chi connectivity index (χ2n) is 5.28. The molecule has 0 aliphatic heterocycles. The molecule has 0 atom stereocenters. The molecule has 1 aromatic carbocycles. The van der Waals surface area contributed by atoms with Gasteiger partial charge in [-0.3, -0.25) is 4.79 Å². The first kappa shape index (κ1) is 24.4. The van der Waals surface area contributed by atoms with Gasteiger partial charge >= 0.3 is 0 Å². The van der Waals surface area contributed by atoms with Gasteiger partial charge in [0.05, 0.1) is 0 Å². The highest BCUT2D eigenvalue weighted by atomic mass is 16.1. The third kappa shape index (κ3) is 15.1. The van der Waals surface area contributed by atoms with Gasteiger partial charge in [0.25, 0.3) is 0 Å². The van der Waals surface area contributed by atoms with Crippen molar-refractivity contribution in [2.24, 2.45) is 5.73 Å². The molecule has 2 N–H and O–H groups in total. The molecule has 0 amide bonds. The predicted octanol–water partition coefficient (Wildman–Crippen LogP) is 6.22. The first-order valence-electron chi connectivity index (χ1n) is 9.30. The molecule has 0 bridgehead atoms. The van der Waals surface area contributed by atoms with Crippen LogP contribution in [0.25, 0.3) is 0 Å². The van der Waals surface area contributed by atoms with Crippen LogP contribution in [0.3, 0.4) is 0 Å². The molecule has 136 valence electrons. The summed E-state index contributed by atoms with van der Waals surface area (Å²) in [5.74, 6) is 0.299. The second kappa shape index (κ2) is 19.2. The number of benzene rings is 1. The molecule has 0 aliphatic rings. The van der Waals surface area contributed by atoms with E-state index in [2.05, 4.69) is 39.0 Å². The molecular weight excluding hydrogens is 294 g/mol. The molecule has 1 aromatic rings. The van der Waals surface area contributed by atoms with Crippen molar-refractivity contribution in [2.75, 3.05) is 0 Å². The number of carbonyl (C=O) groups excluding carboxylic acids is 1. The van der Waals surface area contributed by atoms with Crippen molar-refractivity contribution in [1.29, 1.82) is 0 Å². The number of rotatable bonds is 8. The fourth-order valence-corrected chi connectivity index (χ4v) is 1.83. The third-order valence-corrected chi connectivity index (χ3v) is 3.01. The van der Waals surface area contributed by atoms with E-state index in [4.69, 9.17) is 5.73 Å². The monoisotopic (exact) mass is 331 g/mol. The Morgan fingerprint density at radius 3 is 2.08 bits per heavy atom. The first-order chi connectivity index (χ1) is 11.7. The Bertz CT molecular complexity index is 446. The largest absolute Gasteiger partial charge is 0.404 e. The molecule has 0 radical (unpaired) electrons. The van der Waals surface area contributed by atoms with Crippen LogP contribution in [0.15, 0.2) is 54.3 Å². The van der Waals surface area contributed by atoms with Gasteiger partial charge in [-0.15, -0.1) is 0 Å². The second-order valence-corrected chi connectivity index (χ2v) is 5.28. The van der Waals surface area contributed by atoms with Gasteiger partial charge in [0.1, 0.15) is 5.78 Å². The summed E-state index contributed by atoms with van der Waals surface area (Å²) in [5.41, 5.74) is 7.80. The minimum Gasteiger partial charge on any atom is -0.404 e. The minimum absolute atomic E-state index is 0.299. The molecule has 0 spiro atoms. The lowest BCUT2D eigenvalue weighted by Gasteiger charge is -2.03. The van der Waals surface area contributed by atoms with Gasteiger partial charge in [0.2, 0.25) is 0 Å². The maximum atomic E-state index is 11.8. The van der Waals surface area contributed by atoms with Crippen LogP contribution in [-0.4, -0.2) is 5.78 Å². The van der Waals surface area contributed by atoms with Crippen LogP contribution in [0.2, 0.25) is 0 Å². The average Bonchev–Trinajstić information content (AvgIpc) is 2.63. The smallest absolute Gasteiger partial charge is 0.133 e. The van der Waals surface area contributed by atoms with E-state index in [-0.39, 0.29) is 0 Å². The molecule has 0 saturated heterocycles. The average molecular weight is 332 g/mol. The van der Waals surface area contributed by atoms with Crippen molar-refractivity contribution in [3.8, 4) is 0 Å². The van der Waals surface area contributed by atoms with Crippen LogP contribution in [0.1, 0.15) is 72.3 Å². The number of hydrogen-bond donors (Lipinski definition) is 1. The van der Waals surface area contributed by atoms with Gasteiger partial charge in [-0.25, -0.2) is 0 Å². The highest BCUT2D eigenvalue weighted by Gasteiger charge is 2.03. The lowest BCUT2D eigenvalue weighted by Crippen LogP contribution is -2.01. The molecule has 0 aromatic heterocycles. The standard InChI is InChI=1S/C17H23NO.C3H8.C2H6/c1-2-3-7-16(14-18)11-13-17(19)12-10-15-8-5-4-6-9-15;1-3-2;1-2/h3-9,14H,2,10-13,18H2,1H3;3H2,1-2H3;1-2H3/b7-3-,16-14+;;. The van der Waals surface area contributed by atoms with Gasteiger partial charge in [0, 0.05) is 12.8 Å². The number of carbonyl (C=O) groups is 1. The number of allylic oxidation sites excluding steroid dienone is 3. The number of Topliss-reactive ketones (excluding diaryl/α,β-unsaturated/α-hetero) is 1. The van der Waals surface area contributed by atoms with Crippen molar-refractivity contribution < 1.29 is 4.79 Å². The van der Waals surface area contributed by atoms with Crippen LogP contribution in [-0.2, 0) is 11.2 Å². The molecule has 2 nitrogen and oxygen atoms in total. The molecule has 0 aliphatic carbocycles. The fourth-order valence-electron chi connectivity index (χ4n) is 1.83. The Labute approximate surface area is 149 Å². The number of nitrogens with two attached hydrogens (primary N) is 1. The Kier molecular flexibility index (Phi) is 19.6. The molecule has 0 saturated carbocycles. The summed E-state index contributed by atoms with van der Waals surface area (Å²) in [6.07, 6.45) is 10.6.